The van der Waals surface area contributed by atoms with Gasteiger partial charge < -0.3 is 9.47 Å². The van der Waals surface area contributed by atoms with Crippen molar-refractivity contribution in [1.82, 2.24) is 4.98 Å². The first kappa shape index (κ1) is 11.2. The molecule has 0 aliphatic carbocycles. The molecule has 0 aliphatic heterocycles. The van der Waals surface area contributed by atoms with Crippen molar-refractivity contribution in [3.05, 3.63) is 28.5 Å². The molecule has 1 aromatic carbocycles. The van der Waals surface area contributed by atoms with Gasteiger partial charge in [0.1, 0.15) is 0 Å². The van der Waals surface area contributed by atoms with E-state index in [4.69, 9.17) is 9.47 Å². The van der Waals surface area contributed by atoms with Crippen molar-refractivity contribution in [2.75, 3.05) is 14.2 Å². The van der Waals surface area contributed by atoms with Crippen LogP contribution in [-0.2, 0) is 0 Å². The quantitative estimate of drug-likeness (QED) is 0.846. The van der Waals surface area contributed by atoms with E-state index in [0.29, 0.717) is 11.5 Å². The molecule has 0 amide bonds. The van der Waals surface area contributed by atoms with E-state index in [1.807, 2.05) is 19.1 Å². The number of fused-ring (bicyclic) bond motifs is 1. The number of aromatic nitrogens is 1. The SMILES string of the molecule is COc1cc2c(C)nccc2c(Br)c1OC. The Kier molecular flexibility index (Phi) is 3.01. The summed E-state index contributed by atoms with van der Waals surface area (Å²) in [5.41, 5.74) is 0.971. The molecule has 0 aliphatic rings. The Balaban J connectivity index is 2.87. The first-order chi connectivity index (χ1) is 7.69. The summed E-state index contributed by atoms with van der Waals surface area (Å²) in [6.07, 6.45) is 1.79. The van der Waals surface area contributed by atoms with Gasteiger partial charge in [-0.3, -0.25) is 4.98 Å². The molecule has 0 N–H and O–H groups in total. The Hall–Kier alpha value is -1.29. The van der Waals surface area contributed by atoms with Crippen molar-refractivity contribution in [2.45, 2.75) is 6.92 Å². The first-order valence-electron chi connectivity index (χ1n) is 4.84. The highest BCUT2D eigenvalue weighted by molar-refractivity contribution is 9.10. The second-order valence-electron chi connectivity index (χ2n) is 3.42. The van der Waals surface area contributed by atoms with Crippen LogP contribution in [0.1, 0.15) is 5.69 Å². The Labute approximate surface area is 103 Å². The molecule has 0 bridgehead atoms. The van der Waals surface area contributed by atoms with Crippen LogP contribution in [0.25, 0.3) is 10.8 Å². The third-order valence-corrected chi connectivity index (χ3v) is 3.34. The maximum atomic E-state index is 5.32. The van der Waals surface area contributed by atoms with Gasteiger partial charge in [0.15, 0.2) is 11.5 Å². The fourth-order valence-electron chi connectivity index (χ4n) is 1.72. The van der Waals surface area contributed by atoms with Gasteiger partial charge in [-0.15, -0.1) is 0 Å². The fourth-order valence-corrected chi connectivity index (χ4v) is 2.42. The number of ether oxygens (including phenoxy) is 2. The first-order valence-corrected chi connectivity index (χ1v) is 5.64. The highest BCUT2D eigenvalue weighted by atomic mass is 79.9. The summed E-state index contributed by atoms with van der Waals surface area (Å²) in [6.45, 7) is 1.97. The highest BCUT2D eigenvalue weighted by Crippen LogP contribution is 2.41. The van der Waals surface area contributed by atoms with Crippen molar-refractivity contribution in [1.29, 1.82) is 0 Å². The van der Waals surface area contributed by atoms with Gasteiger partial charge in [-0.05, 0) is 35.0 Å². The van der Waals surface area contributed by atoms with Crippen molar-refractivity contribution in [2.24, 2.45) is 0 Å². The number of benzene rings is 1. The van der Waals surface area contributed by atoms with E-state index in [1.165, 1.54) is 0 Å². The number of pyridine rings is 1. The Bertz CT molecular complexity index is 540. The molecule has 2 rings (SSSR count). The van der Waals surface area contributed by atoms with Crippen LogP contribution in [-0.4, -0.2) is 19.2 Å². The second kappa shape index (κ2) is 4.29. The monoisotopic (exact) mass is 281 g/mol. The summed E-state index contributed by atoms with van der Waals surface area (Å²) in [4.78, 5) is 4.26. The molecule has 0 unspecified atom stereocenters. The van der Waals surface area contributed by atoms with E-state index in [9.17, 15) is 0 Å². The van der Waals surface area contributed by atoms with E-state index >= 15 is 0 Å². The van der Waals surface area contributed by atoms with E-state index in [0.717, 1.165) is 20.9 Å². The summed E-state index contributed by atoms with van der Waals surface area (Å²) in [5.74, 6) is 1.42. The molecule has 16 heavy (non-hydrogen) atoms. The van der Waals surface area contributed by atoms with Crippen LogP contribution < -0.4 is 9.47 Å². The van der Waals surface area contributed by atoms with Gasteiger partial charge in [-0.1, -0.05) is 0 Å². The lowest BCUT2D eigenvalue weighted by Crippen LogP contribution is -1.94. The zero-order valence-corrected chi connectivity index (χ0v) is 11.0. The summed E-state index contributed by atoms with van der Waals surface area (Å²) >= 11 is 3.54. The minimum Gasteiger partial charge on any atom is -0.493 e. The molecule has 2 aromatic rings. The molecule has 0 atom stereocenters. The number of aryl methyl sites for hydroxylation is 1. The predicted octanol–water partition coefficient (Wildman–Crippen LogP) is 3.32. The van der Waals surface area contributed by atoms with Gasteiger partial charge in [-0.2, -0.15) is 0 Å². The molecule has 4 heteroatoms. The van der Waals surface area contributed by atoms with Gasteiger partial charge in [0.05, 0.1) is 18.7 Å². The molecule has 0 radical (unpaired) electrons. The van der Waals surface area contributed by atoms with Crippen molar-refractivity contribution < 1.29 is 9.47 Å². The van der Waals surface area contributed by atoms with Gasteiger partial charge in [0, 0.05) is 22.7 Å². The number of hydrogen-bond acceptors (Lipinski definition) is 3. The zero-order valence-electron chi connectivity index (χ0n) is 9.37. The summed E-state index contributed by atoms with van der Waals surface area (Å²) in [6, 6.07) is 3.90. The highest BCUT2D eigenvalue weighted by Gasteiger charge is 2.13. The normalized spacial score (nSPS) is 10.5. The topological polar surface area (TPSA) is 31.4 Å². The smallest absolute Gasteiger partial charge is 0.175 e. The predicted molar refractivity (Wildman–Crippen MR) is 67.3 cm³/mol. The molecule has 0 saturated carbocycles. The van der Waals surface area contributed by atoms with Crippen LogP contribution in [0.2, 0.25) is 0 Å². The third kappa shape index (κ3) is 1.63. The van der Waals surface area contributed by atoms with E-state index in [1.54, 1.807) is 20.4 Å². The second-order valence-corrected chi connectivity index (χ2v) is 4.21. The molecule has 0 spiro atoms. The molecule has 1 aromatic heterocycles. The minimum atomic E-state index is 0.706. The van der Waals surface area contributed by atoms with Crippen LogP contribution in [0.5, 0.6) is 11.5 Å². The Morgan fingerprint density at radius 3 is 2.56 bits per heavy atom. The molecule has 0 saturated heterocycles. The zero-order chi connectivity index (χ0) is 11.7. The number of methoxy groups -OCH3 is 2. The average Bonchev–Trinajstić information content (AvgIpc) is 2.30. The molecule has 84 valence electrons. The maximum absolute atomic E-state index is 5.32. The standard InChI is InChI=1S/C12H12BrNO2/c1-7-9-6-10(15-2)12(16-3)11(13)8(9)4-5-14-7/h4-6H,1-3H3. The summed E-state index contributed by atoms with van der Waals surface area (Å²) in [5, 5.41) is 2.14. The van der Waals surface area contributed by atoms with Gasteiger partial charge in [-0.25, -0.2) is 0 Å². The number of rotatable bonds is 2. The van der Waals surface area contributed by atoms with E-state index < -0.39 is 0 Å². The summed E-state index contributed by atoms with van der Waals surface area (Å²) < 4.78 is 11.5. The molecule has 0 fully saturated rings. The minimum absolute atomic E-state index is 0.706. The molecular formula is C12H12BrNO2. The number of hydrogen-bond donors (Lipinski definition) is 0. The number of nitrogens with zero attached hydrogens (tertiary/aromatic N) is 1. The van der Waals surface area contributed by atoms with Crippen molar-refractivity contribution in [3.63, 3.8) is 0 Å². The van der Waals surface area contributed by atoms with E-state index in [-0.39, 0.29) is 0 Å². The lowest BCUT2D eigenvalue weighted by Gasteiger charge is -2.12. The molecule has 3 nitrogen and oxygen atoms in total. The maximum Gasteiger partial charge on any atom is 0.175 e. The molecule has 1 heterocycles. The van der Waals surface area contributed by atoms with Crippen molar-refractivity contribution >= 4 is 26.7 Å². The Morgan fingerprint density at radius 2 is 1.94 bits per heavy atom. The van der Waals surface area contributed by atoms with Crippen LogP contribution in [0, 0.1) is 6.92 Å². The van der Waals surface area contributed by atoms with Crippen LogP contribution in [0.4, 0.5) is 0 Å². The third-order valence-electron chi connectivity index (χ3n) is 2.55. The number of halogens is 1. The average molecular weight is 282 g/mol. The fraction of sp³-hybridized carbons (Fsp3) is 0.250. The van der Waals surface area contributed by atoms with Gasteiger partial charge in [0.2, 0.25) is 0 Å². The van der Waals surface area contributed by atoms with Gasteiger partial charge >= 0.3 is 0 Å². The molecular weight excluding hydrogens is 270 g/mol. The lowest BCUT2D eigenvalue weighted by molar-refractivity contribution is 0.354. The van der Waals surface area contributed by atoms with E-state index in [2.05, 4.69) is 20.9 Å². The lowest BCUT2D eigenvalue weighted by atomic mass is 10.1. The largest absolute Gasteiger partial charge is 0.493 e. The van der Waals surface area contributed by atoms with Crippen LogP contribution in [0.3, 0.4) is 0 Å². The van der Waals surface area contributed by atoms with Gasteiger partial charge in [0.25, 0.3) is 0 Å². The van der Waals surface area contributed by atoms with Crippen LogP contribution >= 0.6 is 15.9 Å². The Morgan fingerprint density at radius 1 is 1.19 bits per heavy atom. The van der Waals surface area contributed by atoms with Crippen molar-refractivity contribution in [3.8, 4) is 11.5 Å². The van der Waals surface area contributed by atoms with Crippen LogP contribution in [0.15, 0.2) is 22.8 Å². The summed E-state index contributed by atoms with van der Waals surface area (Å²) in [7, 11) is 3.25.